The fourth-order valence-corrected chi connectivity index (χ4v) is 4.75. The van der Waals surface area contributed by atoms with Gasteiger partial charge in [0.25, 0.3) is 5.91 Å². The van der Waals surface area contributed by atoms with Gasteiger partial charge in [0, 0.05) is 18.2 Å². The molecular weight excluding hydrogens is 436 g/mol. The molecule has 0 fully saturated rings. The minimum Gasteiger partial charge on any atom is -0.493 e. The maximum absolute atomic E-state index is 13.7. The first-order chi connectivity index (χ1) is 16.0. The van der Waals surface area contributed by atoms with Crippen molar-refractivity contribution in [1.29, 1.82) is 0 Å². The molecule has 2 amide bonds. The highest BCUT2D eigenvalue weighted by molar-refractivity contribution is 7.98. The summed E-state index contributed by atoms with van der Waals surface area (Å²) in [5.41, 5.74) is 3.86. The molecule has 0 bridgehead atoms. The molecule has 0 radical (unpaired) electrons. The van der Waals surface area contributed by atoms with Gasteiger partial charge < -0.3 is 14.8 Å². The minimum atomic E-state index is -0.210. The predicted octanol–water partition coefficient (Wildman–Crippen LogP) is 5.75. The van der Waals surface area contributed by atoms with E-state index in [1.807, 2.05) is 54.5 Å². The normalized spacial score (nSPS) is 14.9. The molecule has 1 aliphatic rings. The van der Waals surface area contributed by atoms with Crippen molar-refractivity contribution >= 4 is 35.0 Å². The molecule has 7 heteroatoms. The number of unbranched alkanes of at least 4 members (excludes halogenated alkanes) is 1. The van der Waals surface area contributed by atoms with Gasteiger partial charge in [-0.15, -0.1) is 0 Å². The van der Waals surface area contributed by atoms with Gasteiger partial charge in [0.15, 0.2) is 11.5 Å². The molecule has 2 aromatic carbocycles. The number of nitrogens with one attached hydrogen (secondary N) is 1. The van der Waals surface area contributed by atoms with Gasteiger partial charge in [-0.2, -0.15) is 11.8 Å². The van der Waals surface area contributed by atoms with Crippen LogP contribution in [-0.4, -0.2) is 42.4 Å². The van der Waals surface area contributed by atoms with Crippen molar-refractivity contribution in [1.82, 2.24) is 4.90 Å². The SMILES string of the molecule is CCC/C=C1/c2c(NC(C)=O)cccc2C(=O)N1[C@H](CSC)c1ccc(OC)c(OCC)c1. The molecule has 0 saturated heterocycles. The molecule has 6 nitrogen and oxygen atoms in total. The number of rotatable bonds is 10. The molecule has 176 valence electrons. The number of anilines is 1. The quantitative estimate of drug-likeness (QED) is 0.481. The van der Waals surface area contributed by atoms with Crippen LogP contribution in [0, 0.1) is 0 Å². The van der Waals surface area contributed by atoms with Crippen molar-refractivity contribution in [3.05, 3.63) is 59.2 Å². The van der Waals surface area contributed by atoms with E-state index in [4.69, 9.17) is 9.47 Å². The zero-order valence-electron chi connectivity index (χ0n) is 19.9. The van der Waals surface area contributed by atoms with Gasteiger partial charge in [-0.1, -0.05) is 31.6 Å². The second-order valence-electron chi connectivity index (χ2n) is 7.78. The number of nitrogens with zero attached hydrogens (tertiary/aromatic N) is 1. The van der Waals surface area contributed by atoms with Crippen molar-refractivity contribution in [2.45, 2.75) is 39.7 Å². The van der Waals surface area contributed by atoms with E-state index in [-0.39, 0.29) is 17.9 Å². The van der Waals surface area contributed by atoms with Gasteiger partial charge in [-0.05, 0) is 49.4 Å². The van der Waals surface area contributed by atoms with Gasteiger partial charge >= 0.3 is 0 Å². The maximum Gasteiger partial charge on any atom is 0.259 e. The number of methoxy groups -OCH3 is 1. The van der Waals surface area contributed by atoms with Crippen LogP contribution in [0.1, 0.15) is 61.1 Å². The fourth-order valence-electron chi connectivity index (χ4n) is 4.10. The monoisotopic (exact) mass is 468 g/mol. The summed E-state index contributed by atoms with van der Waals surface area (Å²) < 4.78 is 11.3. The average Bonchev–Trinajstić information content (AvgIpc) is 3.08. The Kier molecular flexibility index (Phi) is 8.44. The topological polar surface area (TPSA) is 67.9 Å². The number of fused-ring (bicyclic) bond motifs is 1. The zero-order chi connectivity index (χ0) is 24.0. The Morgan fingerprint density at radius 1 is 1.21 bits per heavy atom. The third kappa shape index (κ3) is 5.19. The molecule has 0 saturated carbocycles. The van der Waals surface area contributed by atoms with Crippen molar-refractivity contribution in [2.75, 3.05) is 31.0 Å². The van der Waals surface area contributed by atoms with Crippen molar-refractivity contribution in [3.8, 4) is 11.5 Å². The Balaban J connectivity index is 2.15. The Hall–Kier alpha value is -2.93. The first-order valence-electron chi connectivity index (χ1n) is 11.2. The summed E-state index contributed by atoms with van der Waals surface area (Å²) in [5.74, 6) is 1.80. The van der Waals surface area contributed by atoms with Crippen LogP contribution < -0.4 is 14.8 Å². The van der Waals surface area contributed by atoms with Gasteiger partial charge in [-0.3, -0.25) is 14.5 Å². The molecule has 0 spiro atoms. The summed E-state index contributed by atoms with van der Waals surface area (Å²) in [6.45, 7) is 6.03. The number of ether oxygens (including phenoxy) is 2. The number of thioether (sulfide) groups is 1. The fraction of sp³-hybridized carbons (Fsp3) is 0.385. The lowest BCUT2D eigenvalue weighted by Crippen LogP contribution is -2.30. The summed E-state index contributed by atoms with van der Waals surface area (Å²) in [4.78, 5) is 27.5. The summed E-state index contributed by atoms with van der Waals surface area (Å²) in [6.07, 6.45) is 5.92. The highest BCUT2D eigenvalue weighted by Crippen LogP contribution is 2.45. The molecule has 1 aliphatic heterocycles. The van der Waals surface area contributed by atoms with Crippen molar-refractivity contribution in [2.24, 2.45) is 0 Å². The lowest BCUT2D eigenvalue weighted by Gasteiger charge is -2.30. The molecule has 2 aromatic rings. The molecule has 1 heterocycles. The number of allylic oxidation sites excluding steroid dienone is 1. The third-order valence-corrected chi connectivity index (χ3v) is 6.12. The van der Waals surface area contributed by atoms with Crippen LogP contribution in [0.2, 0.25) is 0 Å². The van der Waals surface area contributed by atoms with Crippen LogP contribution in [0.15, 0.2) is 42.5 Å². The first kappa shape index (κ1) is 24.7. The smallest absolute Gasteiger partial charge is 0.259 e. The minimum absolute atomic E-state index is 0.0626. The van der Waals surface area contributed by atoms with Crippen molar-refractivity contribution < 1.29 is 19.1 Å². The molecular formula is C26H32N2O4S. The first-order valence-corrected chi connectivity index (χ1v) is 12.6. The van der Waals surface area contributed by atoms with E-state index in [2.05, 4.69) is 18.3 Å². The van der Waals surface area contributed by atoms with Crippen LogP contribution in [0.25, 0.3) is 5.70 Å². The Bertz CT molecular complexity index is 1050. The maximum atomic E-state index is 13.7. The summed E-state index contributed by atoms with van der Waals surface area (Å²) >= 11 is 1.68. The number of benzene rings is 2. The summed E-state index contributed by atoms with van der Waals surface area (Å²) in [7, 11) is 1.62. The third-order valence-electron chi connectivity index (χ3n) is 5.47. The second kappa shape index (κ2) is 11.3. The lowest BCUT2D eigenvalue weighted by molar-refractivity contribution is -0.114. The molecule has 1 N–H and O–H groups in total. The average molecular weight is 469 g/mol. The zero-order valence-corrected chi connectivity index (χ0v) is 20.8. The molecule has 0 aliphatic carbocycles. The van der Waals surface area contributed by atoms with E-state index < -0.39 is 0 Å². The van der Waals surface area contributed by atoms with E-state index in [9.17, 15) is 9.59 Å². The second-order valence-corrected chi connectivity index (χ2v) is 8.69. The number of carbonyl (C=O) groups is 2. The van der Waals surface area contributed by atoms with Gasteiger partial charge in [0.1, 0.15) is 0 Å². The van der Waals surface area contributed by atoms with Gasteiger partial charge in [0.2, 0.25) is 5.91 Å². The van der Waals surface area contributed by atoms with E-state index in [1.54, 1.807) is 18.9 Å². The standard InChI is InChI=1S/C26H32N2O4S/c1-6-8-12-21-25-19(10-9-11-20(25)27-17(3)29)26(30)28(21)22(16-33-5)18-13-14-23(31-4)24(15-18)32-7-2/h9-15,22H,6-8,16H2,1-5H3,(H,27,29)/b21-12-/t22-/m1/s1. The molecule has 0 unspecified atom stereocenters. The van der Waals surface area contributed by atoms with E-state index in [0.29, 0.717) is 35.1 Å². The number of carbonyl (C=O) groups excluding carboxylic acids is 2. The molecule has 33 heavy (non-hydrogen) atoms. The Labute approximate surface area is 200 Å². The lowest BCUT2D eigenvalue weighted by atomic mass is 10.0. The van der Waals surface area contributed by atoms with Crippen LogP contribution in [0.3, 0.4) is 0 Å². The van der Waals surface area contributed by atoms with E-state index in [0.717, 1.165) is 29.7 Å². The summed E-state index contributed by atoms with van der Waals surface area (Å²) in [6, 6.07) is 11.1. The van der Waals surface area contributed by atoms with Crippen LogP contribution in [0.5, 0.6) is 11.5 Å². The Morgan fingerprint density at radius 3 is 2.64 bits per heavy atom. The van der Waals surface area contributed by atoms with E-state index in [1.165, 1.54) is 6.92 Å². The number of hydrogen-bond acceptors (Lipinski definition) is 5. The Morgan fingerprint density at radius 2 is 2.00 bits per heavy atom. The van der Waals surface area contributed by atoms with Crippen LogP contribution in [0.4, 0.5) is 5.69 Å². The van der Waals surface area contributed by atoms with Gasteiger partial charge in [0.05, 0.1) is 36.7 Å². The summed E-state index contributed by atoms with van der Waals surface area (Å²) in [5, 5.41) is 2.90. The molecule has 3 rings (SSSR count). The van der Waals surface area contributed by atoms with Crippen molar-refractivity contribution in [3.63, 3.8) is 0 Å². The molecule has 0 aromatic heterocycles. The number of amides is 2. The number of hydrogen-bond donors (Lipinski definition) is 1. The highest BCUT2D eigenvalue weighted by atomic mass is 32.2. The van der Waals surface area contributed by atoms with Crippen LogP contribution >= 0.6 is 11.8 Å². The largest absolute Gasteiger partial charge is 0.493 e. The van der Waals surface area contributed by atoms with Crippen LogP contribution in [-0.2, 0) is 4.79 Å². The predicted molar refractivity (Wildman–Crippen MR) is 135 cm³/mol. The highest BCUT2D eigenvalue weighted by Gasteiger charge is 2.39. The molecule has 1 atom stereocenters. The van der Waals surface area contributed by atoms with E-state index >= 15 is 0 Å². The van der Waals surface area contributed by atoms with Gasteiger partial charge in [-0.25, -0.2) is 0 Å².